The van der Waals surface area contributed by atoms with E-state index in [1.165, 1.54) is 30.3 Å². The molecule has 0 bridgehead atoms. The number of nitrogen functional groups attached to an aromatic ring is 1. The van der Waals surface area contributed by atoms with Gasteiger partial charge in [0.25, 0.3) is 0 Å². The third-order valence-corrected chi connectivity index (χ3v) is 3.39. The molecule has 100 valence electrons. The molecule has 0 spiro atoms. The van der Waals surface area contributed by atoms with E-state index in [1.807, 2.05) is 0 Å². The largest absolute Gasteiger partial charge is 0.397 e. The average Bonchev–Trinajstić information content (AvgIpc) is 2.33. The standard InChI is InChI=1S/C12H12FN3O2S/c13-8-1-3-9(4-2-8)16-12-6-5-10(7-11(12)14)19(15,17)18/h1-7,16H,14H2,(H2,15,17,18). The average molecular weight is 281 g/mol. The molecule has 0 saturated heterocycles. The number of benzene rings is 2. The summed E-state index contributed by atoms with van der Waals surface area (Å²) in [5, 5.41) is 7.95. The molecule has 0 atom stereocenters. The highest BCUT2D eigenvalue weighted by molar-refractivity contribution is 7.89. The predicted molar refractivity (Wildman–Crippen MR) is 71.9 cm³/mol. The van der Waals surface area contributed by atoms with E-state index in [-0.39, 0.29) is 16.4 Å². The lowest BCUT2D eigenvalue weighted by atomic mass is 10.2. The number of primary sulfonamides is 1. The van der Waals surface area contributed by atoms with Crippen LogP contribution >= 0.6 is 0 Å². The molecule has 5 nitrogen and oxygen atoms in total. The maximum Gasteiger partial charge on any atom is 0.238 e. The van der Waals surface area contributed by atoms with E-state index < -0.39 is 10.0 Å². The third kappa shape index (κ3) is 3.21. The molecule has 5 N–H and O–H groups in total. The number of halogens is 1. The summed E-state index contributed by atoms with van der Waals surface area (Å²) in [6.45, 7) is 0. The van der Waals surface area contributed by atoms with Gasteiger partial charge >= 0.3 is 0 Å². The van der Waals surface area contributed by atoms with Gasteiger partial charge in [-0.05, 0) is 42.5 Å². The zero-order valence-corrected chi connectivity index (χ0v) is 10.6. The quantitative estimate of drug-likeness (QED) is 0.747. The summed E-state index contributed by atoms with van der Waals surface area (Å²) in [5.74, 6) is -0.344. The molecule has 0 saturated carbocycles. The van der Waals surface area contributed by atoms with Gasteiger partial charge in [0, 0.05) is 5.69 Å². The van der Waals surface area contributed by atoms with Crippen molar-refractivity contribution in [3.05, 3.63) is 48.3 Å². The van der Waals surface area contributed by atoms with Gasteiger partial charge in [-0.2, -0.15) is 0 Å². The van der Waals surface area contributed by atoms with E-state index in [2.05, 4.69) is 5.32 Å². The molecular formula is C12H12FN3O2S. The number of sulfonamides is 1. The Kier molecular flexibility index (Phi) is 3.41. The zero-order valence-electron chi connectivity index (χ0n) is 9.80. The van der Waals surface area contributed by atoms with Crippen LogP contribution in [0.1, 0.15) is 0 Å². The molecule has 0 radical (unpaired) electrons. The van der Waals surface area contributed by atoms with Crippen LogP contribution in [-0.2, 0) is 10.0 Å². The van der Waals surface area contributed by atoms with Crippen LogP contribution in [-0.4, -0.2) is 8.42 Å². The van der Waals surface area contributed by atoms with E-state index in [1.54, 1.807) is 12.1 Å². The van der Waals surface area contributed by atoms with E-state index in [0.29, 0.717) is 11.4 Å². The minimum Gasteiger partial charge on any atom is -0.397 e. The van der Waals surface area contributed by atoms with Crippen molar-refractivity contribution in [2.75, 3.05) is 11.1 Å². The highest BCUT2D eigenvalue weighted by Gasteiger charge is 2.10. The van der Waals surface area contributed by atoms with Crippen LogP contribution < -0.4 is 16.2 Å². The second kappa shape index (κ2) is 4.87. The minimum atomic E-state index is -3.78. The summed E-state index contributed by atoms with van der Waals surface area (Å²) in [4.78, 5) is -0.0605. The smallest absolute Gasteiger partial charge is 0.238 e. The molecule has 19 heavy (non-hydrogen) atoms. The number of hydrogen-bond acceptors (Lipinski definition) is 4. The van der Waals surface area contributed by atoms with Crippen LogP contribution in [0.4, 0.5) is 21.5 Å². The number of hydrogen-bond donors (Lipinski definition) is 3. The van der Waals surface area contributed by atoms with Crippen LogP contribution in [0.3, 0.4) is 0 Å². The first-order chi connectivity index (χ1) is 8.86. The Bertz CT molecular complexity index is 699. The van der Waals surface area contributed by atoms with Gasteiger partial charge in [-0.1, -0.05) is 0 Å². The van der Waals surface area contributed by atoms with Crippen LogP contribution in [0.2, 0.25) is 0 Å². The van der Waals surface area contributed by atoms with Gasteiger partial charge < -0.3 is 11.1 Å². The number of rotatable bonds is 3. The Labute approximate surface area is 110 Å². The maximum atomic E-state index is 12.8. The number of anilines is 3. The molecule has 0 heterocycles. The lowest BCUT2D eigenvalue weighted by molar-refractivity contribution is 0.598. The van der Waals surface area contributed by atoms with Gasteiger partial charge in [-0.3, -0.25) is 0 Å². The van der Waals surface area contributed by atoms with Crippen molar-refractivity contribution in [1.29, 1.82) is 0 Å². The Hall–Kier alpha value is -2.12. The summed E-state index contributed by atoms with van der Waals surface area (Å²) >= 11 is 0. The summed E-state index contributed by atoms with van der Waals surface area (Å²) in [7, 11) is -3.78. The number of nitrogens with one attached hydrogen (secondary N) is 1. The van der Waals surface area contributed by atoms with Gasteiger partial charge in [0.1, 0.15) is 5.82 Å². The molecule has 2 rings (SSSR count). The molecule has 0 unspecified atom stereocenters. The summed E-state index contributed by atoms with van der Waals surface area (Å²) < 4.78 is 35.1. The van der Waals surface area contributed by atoms with Crippen molar-refractivity contribution in [2.45, 2.75) is 4.90 Å². The molecule has 2 aromatic carbocycles. The Morgan fingerprint density at radius 3 is 2.21 bits per heavy atom. The van der Waals surface area contributed by atoms with Gasteiger partial charge in [0.05, 0.1) is 16.3 Å². The van der Waals surface area contributed by atoms with Crippen molar-refractivity contribution in [3.63, 3.8) is 0 Å². The topological polar surface area (TPSA) is 98.2 Å². The Balaban J connectivity index is 2.29. The summed E-state index contributed by atoms with van der Waals surface area (Å²) in [5.41, 5.74) is 7.12. The second-order valence-electron chi connectivity index (χ2n) is 3.93. The van der Waals surface area contributed by atoms with Crippen molar-refractivity contribution >= 4 is 27.1 Å². The molecule has 0 amide bonds. The molecular weight excluding hydrogens is 269 g/mol. The predicted octanol–water partition coefficient (Wildman–Crippen LogP) is 1.80. The van der Waals surface area contributed by atoms with Crippen LogP contribution in [0.5, 0.6) is 0 Å². The summed E-state index contributed by atoms with van der Waals surface area (Å²) in [6.07, 6.45) is 0. The molecule has 0 fully saturated rings. The lowest BCUT2D eigenvalue weighted by Gasteiger charge is -2.10. The first-order valence-electron chi connectivity index (χ1n) is 5.31. The number of nitrogens with two attached hydrogens (primary N) is 2. The van der Waals surface area contributed by atoms with Crippen LogP contribution in [0.15, 0.2) is 47.4 Å². The first kappa shape index (κ1) is 13.3. The van der Waals surface area contributed by atoms with Crippen LogP contribution in [0, 0.1) is 5.82 Å². The van der Waals surface area contributed by atoms with Crippen molar-refractivity contribution in [2.24, 2.45) is 5.14 Å². The minimum absolute atomic E-state index is 0.0605. The second-order valence-corrected chi connectivity index (χ2v) is 5.49. The Morgan fingerprint density at radius 1 is 1.05 bits per heavy atom. The highest BCUT2D eigenvalue weighted by atomic mass is 32.2. The fraction of sp³-hybridized carbons (Fsp3) is 0. The van der Waals surface area contributed by atoms with Gasteiger partial charge in [0.15, 0.2) is 0 Å². The van der Waals surface area contributed by atoms with Gasteiger partial charge in [-0.25, -0.2) is 17.9 Å². The van der Waals surface area contributed by atoms with Crippen LogP contribution in [0.25, 0.3) is 0 Å². The molecule has 2 aromatic rings. The third-order valence-electron chi connectivity index (χ3n) is 2.47. The lowest BCUT2D eigenvalue weighted by Crippen LogP contribution is -2.12. The van der Waals surface area contributed by atoms with E-state index in [0.717, 1.165) is 0 Å². The van der Waals surface area contributed by atoms with E-state index in [9.17, 15) is 12.8 Å². The molecule has 7 heteroatoms. The maximum absolute atomic E-state index is 12.8. The molecule has 0 aromatic heterocycles. The summed E-state index contributed by atoms with van der Waals surface area (Å²) in [6, 6.07) is 9.80. The SMILES string of the molecule is Nc1cc(S(N)(=O)=O)ccc1Nc1ccc(F)cc1. The van der Waals surface area contributed by atoms with Gasteiger partial charge in [0.2, 0.25) is 10.0 Å². The van der Waals surface area contributed by atoms with Crippen molar-refractivity contribution in [3.8, 4) is 0 Å². The molecule has 0 aliphatic carbocycles. The van der Waals surface area contributed by atoms with Crippen molar-refractivity contribution in [1.82, 2.24) is 0 Å². The fourth-order valence-electron chi connectivity index (χ4n) is 1.52. The Morgan fingerprint density at radius 2 is 1.68 bits per heavy atom. The normalized spacial score (nSPS) is 11.3. The fourth-order valence-corrected chi connectivity index (χ4v) is 2.07. The molecule has 0 aliphatic rings. The van der Waals surface area contributed by atoms with Crippen molar-refractivity contribution < 1.29 is 12.8 Å². The zero-order chi connectivity index (χ0) is 14.0. The monoisotopic (exact) mass is 281 g/mol. The van der Waals surface area contributed by atoms with E-state index >= 15 is 0 Å². The first-order valence-corrected chi connectivity index (χ1v) is 6.86. The molecule has 0 aliphatic heterocycles. The van der Waals surface area contributed by atoms with E-state index in [4.69, 9.17) is 10.9 Å². The highest BCUT2D eigenvalue weighted by Crippen LogP contribution is 2.25. The van der Waals surface area contributed by atoms with Gasteiger partial charge in [-0.15, -0.1) is 0 Å².